The van der Waals surface area contributed by atoms with E-state index in [4.69, 9.17) is 0 Å². The van der Waals surface area contributed by atoms with E-state index in [1.807, 2.05) is 0 Å². The zero-order valence-electron chi connectivity index (χ0n) is 16.5. The van der Waals surface area contributed by atoms with Crippen molar-refractivity contribution in [1.29, 1.82) is 0 Å². The molecule has 0 radical (unpaired) electrons. The van der Waals surface area contributed by atoms with Gasteiger partial charge in [0.15, 0.2) is 0 Å². The third-order valence-corrected chi connectivity index (χ3v) is 7.62. The average Bonchev–Trinajstić information content (AvgIpc) is 3.03. The smallest absolute Gasteiger partial charge is 1.00 e. The van der Waals surface area contributed by atoms with Crippen LogP contribution >= 0.6 is 0 Å². The van der Waals surface area contributed by atoms with Crippen LogP contribution in [0.1, 0.15) is 50.2 Å². The maximum absolute atomic E-state index is 2.53. The molecule has 0 aromatic heterocycles. The van der Waals surface area contributed by atoms with E-state index >= 15 is 0 Å². The molecule has 28 heavy (non-hydrogen) atoms. The van der Waals surface area contributed by atoms with Crippen molar-refractivity contribution in [3.8, 4) is 0 Å². The van der Waals surface area contributed by atoms with E-state index in [9.17, 15) is 0 Å². The molecule has 2 aromatic rings. The van der Waals surface area contributed by atoms with Gasteiger partial charge in [-0.3, -0.25) is 0 Å². The maximum Gasteiger partial charge on any atom is 4.00 e. The zero-order valence-corrected chi connectivity index (χ0v) is 21.8. The predicted molar refractivity (Wildman–Crippen MR) is 109 cm³/mol. The molecule has 0 nitrogen and oxygen atoms in total. The SMILES string of the molecule is CCCCCC1([SiH2][c-]2ccc(Cc3ccccc3)c2)C=CC=CC1.[Cl-].[Cl-].[Cl-].[Ti+4]. The molecule has 0 saturated heterocycles. The van der Waals surface area contributed by atoms with Crippen molar-refractivity contribution in [2.75, 3.05) is 0 Å². The first-order valence-electron chi connectivity index (χ1n) is 9.42. The van der Waals surface area contributed by atoms with Gasteiger partial charge in [0.2, 0.25) is 0 Å². The van der Waals surface area contributed by atoms with Gasteiger partial charge in [0.25, 0.3) is 0 Å². The normalized spacial score (nSPS) is 17.3. The van der Waals surface area contributed by atoms with Crippen LogP contribution in [0.3, 0.4) is 0 Å². The summed E-state index contributed by atoms with van der Waals surface area (Å²) in [6.45, 7) is 2.30. The summed E-state index contributed by atoms with van der Waals surface area (Å²) in [5.41, 5.74) is 2.89. The van der Waals surface area contributed by atoms with Crippen LogP contribution in [0.5, 0.6) is 0 Å². The van der Waals surface area contributed by atoms with Gasteiger partial charge in [-0.15, -0.1) is 0 Å². The van der Waals surface area contributed by atoms with Crippen LogP contribution in [0.2, 0.25) is 5.04 Å². The summed E-state index contributed by atoms with van der Waals surface area (Å²) < 4.78 is 0. The largest absolute Gasteiger partial charge is 4.00 e. The summed E-state index contributed by atoms with van der Waals surface area (Å²) in [7, 11) is -0.298. The van der Waals surface area contributed by atoms with Gasteiger partial charge in [-0.25, -0.2) is 6.07 Å². The molecule has 5 heteroatoms. The van der Waals surface area contributed by atoms with Gasteiger partial charge in [0, 0.05) is 9.52 Å². The fraction of sp³-hybridized carbons (Fsp3) is 0.348. The molecule has 3 rings (SSSR count). The Labute approximate surface area is 207 Å². The molecule has 2 aromatic carbocycles. The molecule has 150 valence electrons. The van der Waals surface area contributed by atoms with Crippen molar-refractivity contribution < 1.29 is 58.9 Å². The second kappa shape index (κ2) is 15.7. The van der Waals surface area contributed by atoms with E-state index in [0.717, 1.165) is 6.42 Å². The van der Waals surface area contributed by atoms with Gasteiger partial charge in [0.1, 0.15) is 0 Å². The van der Waals surface area contributed by atoms with Crippen molar-refractivity contribution in [3.05, 3.63) is 84.0 Å². The van der Waals surface area contributed by atoms with Crippen LogP contribution in [0, 0.1) is 0 Å². The number of allylic oxidation sites excluding steroid dienone is 4. The van der Waals surface area contributed by atoms with E-state index in [-0.39, 0.29) is 68.5 Å². The molecule has 1 unspecified atom stereocenters. The fourth-order valence-electron chi connectivity index (χ4n) is 3.85. The molecule has 0 N–H and O–H groups in total. The third-order valence-electron chi connectivity index (χ3n) is 5.19. The number of unbranched alkanes of at least 4 members (excludes halogenated alkanes) is 2. The second-order valence-electron chi connectivity index (χ2n) is 7.28. The molecule has 0 spiro atoms. The Hall–Kier alpha value is -0.149. The third kappa shape index (κ3) is 9.12. The Bertz CT molecular complexity index is 697. The Kier molecular flexibility index (Phi) is 16.8. The molecule has 0 fully saturated rings. The van der Waals surface area contributed by atoms with E-state index in [1.165, 1.54) is 43.2 Å². The summed E-state index contributed by atoms with van der Waals surface area (Å²) in [4.78, 5) is 0. The summed E-state index contributed by atoms with van der Waals surface area (Å²) in [6, 6.07) is 18.0. The first-order chi connectivity index (χ1) is 11.8. The van der Waals surface area contributed by atoms with Gasteiger partial charge < -0.3 is 37.2 Å². The van der Waals surface area contributed by atoms with Gasteiger partial charge in [0.05, 0.1) is 0 Å². The Morgan fingerprint density at radius 2 is 1.71 bits per heavy atom. The molecule has 1 atom stereocenters. The topological polar surface area (TPSA) is 0 Å². The Morgan fingerprint density at radius 1 is 0.964 bits per heavy atom. The monoisotopic (exact) mass is 486 g/mol. The van der Waals surface area contributed by atoms with Crippen LogP contribution in [-0.4, -0.2) is 9.52 Å². The minimum Gasteiger partial charge on any atom is -1.00 e. The van der Waals surface area contributed by atoms with Crippen molar-refractivity contribution in [1.82, 2.24) is 0 Å². The second-order valence-corrected chi connectivity index (χ2v) is 9.86. The molecule has 0 aliphatic heterocycles. The molecule has 1 aliphatic rings. The number of hydrogen-bond acceptors (Lipinski definition) is 0. The van der Waals surface area contributed by atoms with Gasteiger partial charge in [-0.1, -0.05) is 92.8 Å². The summed E-state index contributed by atoms with van der Waals surface area (Å²) >= 11 is 0. The van der Waals surface area contributed by atoms with E-state index in [0.29, 0.717) is 5.04 Å². The standard InChI is InChI=1S/C23H29Si.3ClH.Ti/c1-2-3-8-15-23(16-9-5-10-17-23)24-22-14-13-21(19-22)18-20-11-6-4-7-12-20;;;;/h4-7,9-14,16,19H,2-3,8,15,17-18,24H2,1H3;3*1H;/q-1;;;;+4/p-3. The van der Waals surface area contributed by atoms with Crippen LogP contribution in [-0.2, 0) is 28.1 Å². The Morgan fingerprint density at radius 3 is 2.36 bits per heavy atom. The van der Waals surface area contributed by atoms with Crippen LogP contribution in [0.25, 0.3) is 0 Å². The van der Waals surface area contributed by atoms with Crippen LogP contribution in [0.15, 0.2) is 72.8 Å². The average molecular weight is 488 g/mol. The predicted octanol–water partition coefficient (Wildman–Crippen LogP) is -3.94. The molecule has 0 saturated carbocycles. The van der Waals surface area contributed by atoms with Gasteiger partial charge >= 0.3 is 21.7 Å². The van der Waals surface area contributed by atoms with E-state index < -0.39 is 0 Å². The number of hydrogen-bond donors (Lipinski definition) is 0. The first-order valence-corrected chi connectivity index (χ1v) is 10.8. The molecular formula is C23H29Cl3SiTi. The van der Waals surface area contributed by atoms with Crippen LogP contribution in [0.4, 0.5) is 0 Å². The summed E-state index contributed by atoms with van der Waals surface area (Å²) in [6.07, 6.45) is 17.2. The quantitative estimate of drug-likeness (QED) is 0.203. The zero-order chi connectivity index (χ0) is 16.7. The van der Waals surface area contributed by atoms with Gasteiger partial charge in [-0.2, -0.15) is 22.9 Å². The van der Waals surface area contributed by atoms with Crippen molar-refractivity contribution in [2.24, 2.45) is 0 Å². The molecular weight excluding hydrogens is 459 g/mol. The van der Waals surface area contributed by atoms with Gasteiger partial charge in [-0.05, 0) is 17.9 Å². The summed E-state index contributed by atoms with van der Waals surface area (Å²) in [5, 5.41) is 2.11. The molecule has 0 bridgehead atoms. The van der Waals surface area contributed by atoms with Crippen molar-refractivity contribution >= 4 is 14.7 Å². The molecule has 0 amide bonds. The first kappa shape index (κ1) is 30.0. The van der Waals surface area contributed by atoms with Crippen LogP contribution < -0.4 is 42.4 Å². The maximum atomic E-state index is 2.53. The minimum atomic E-state index is -0.298. The summed E-state index contributed by atoms with van der Waals surface area (Å²) in [5.74, 6) is 0. The van der Waals surface area contributed by atoms with Crippen molar-refractivity contribution in [2.45, 2.75) is 50.5 Å². The number of halogens is 3. The number of rotatable bonds is 8. The molecule has 0 heterocycles. The Balaban J connectivity index is 0. The number of benzene rings is 1. The van der Waals surface area contributed by atoms with E-state index in [2.05, 4.69) is 79.8 Å². The van der Waals surface area contributed by atoms with E-state index in [1.54, 1.807) is 5.19 Å². The minimum absolute atomic E-state index is 0. The van der Waals surface area contributed by atoms with Crippen molar-refractivity contribution in [3.63, 3.8) is 0 Å². The fourth-order valence-corrected chi connectivity index (χ4v) is 6.25. The molecule has 1 aliphatic carbocycles.